The minimum Gasteiger partial charge on any atom is -0.497 e. The second-order valence-corrected chi connectivity index (χ2v) is 11.2. The Bertz CT molecular complexity index is 1220. The Morgan fingerprint density at radius 3 is 2.36 bits per heavy atom. The number of piperidine rings is 1. The first kappa shape index (κ1) is 26.7. The van der Waals surface area contributed by atoms with E-state index in [-0.39, 0.29) is 17.9 Å². The summed E-state index contributed by atoms with van der Waals surface area (Å²) < 4.78 is 11.1. The second kappa shape index (κ2) is 11.4. The highest BCUT2D eigenvalue weighted by molar-refractivity contribution is 7.98. The molecule has 1 aliphatic heterocycles. The van der Waals surface area contributed by atoms with Crippen molar-refractivity contribution in [3.63, 3.8) is 0 Å². The molecule has 3 aromatic carbocycles. The highest BCUT2D eigenvalue weighted by atomic mass is 35.5. The third kappa shape index (κ3) is 5.49. The topological polar surface area (TPSA) is 38.8 Å². The van der Waals surface area contributed by atoms with Crippen LogP contribution in [0.2, 0.25) is 10.0 Å². The van der Waals surface area contributed by atoms with Crippen molar-refractivity contribution >= 4 is 40.9 Å². The summed E-state index contributed by atoms with van der Waals surface area (Å²) in [7, 11) is 3.27. The number of carbonyl (C=O) groups excluding carboxylic acids is 1. The van der Waals surface area contributed by atoms with Crippen LogP contribution in [0, 0.1) is 5.41 Å². The van der Waals surface area contributed by atoms with Crippen LogP contribution in [0.5, 0.6) is 11.5 Å². The summed E-state index contributed by atoms with van der Waals surface area (Å²) in [6.07, 6.45) is 2.77. The van der Waals surface area contributed by atoms with Gasteiger partial charge in [-0.05, 0) is 67.1 Å². The molecule has 0 radical (unpaired) electrons. The number of halogens is 2. The number of ether oxygens (including phenoxy) is 2. The average molecular weight is 545 g/mol. The Morgan fingerprint density at radius 1 is 0.972 bits per heavy atom. The van der Waals surface area contributed by atoms with Crippen LogP contribution in [-0.2, 0) is 11.3 Å². The van der Waals surface area contributed by atoms with Crippen molar-refractivity contribution in [2.24, 2.45) is 5.41 Å². The highest BCUT2D eigenvalue weighted by Crippen LogP contribution is 2.51. The summed E-state index contributed by atoms with van der Waals surface area (Å²) >= 11 is 14.4. The van der Waals surface area contributed by atoms with E-state index < -0.39 is 5.41 Å². The maximum Gasteiger partial charge on any atom is 0.230 e. The Morgan fingerprint density at radius 2 is 1.72 bits per heavy atom. The highest BCUT2D eigenvalue weighted by Gasteiger charge is 2.49. The van der Waals surface area contributed by atoms with E-state index in [1.807, 2.05) is 65.6 Å². The fraction of sp³-hybridized carbons (Fsp3) is 0.345. The number of thioether (sulfide) groups is 1. The lowest BCUT2D eigenvalue weighted by molar-refractivity contribution is -0.150. The third-order valence-electron chi connectivity index (χ3n) is 6.95. The van der Waals surface area contributed by atoms with Gasteiger partial charge in [0.1, 0.15) is 11.5 Å². The van der Waals surface area contributed by atoms with E-state index in [1.54, 1.807) is 26.0 Å². The molecular formula is C29H31Cl2NO3S. The van der Waals surface area contributed by atoms with Crippen LogP contribution in [0.1, 0.15) is 42.0 Å². The van der Waals surface area contributed by atoms with Gasteiger partial charge in [-0.15, -0.1) is 0 Å². The summed E-state index contributed by atoms with van der Waals surface area (Å²) in [6, 6.07) is 21.4. The molecule has 36 heavy (non-hydrogen) atoms. The number of rotatable bonds is 8. The minimum atomic E-state index is -0.533. The van der Waals surface area contributed by atoms with Crippen molar-refractivity contribution < 1.29 is 14.3 Å². The van der Waals surface area contributed by atoms with E-state index in [4.69, 9.17) is 32.7 Å². The molecular weight excluding hydrogens is 513 g/mol. The van der Waals surface area contributed by atoms with Crippen molar-refractivity contribution in [1.82, 2.24) is 4.90 Å². The van der Waals surface area contributed by atoms with Gasteiger partial charge in [0.2, 0.25) is 5.91 Å². The molecule has 7 heteroatoms. The van der Waals surface area contributed by atoms with Gasteiger partial charge in [0.15, 0.2) is 0 Å². The number of carbonyl (C=O) groups is 1. The second-order valence-electron chi connectivity index (χ2n) is 9.47. The van der Waals surface area contributed by atoms with Gasteiger partial charge in [-0.3, -0.25) is 4.79 Å². The molecule has 1 heterocycles. The predicted octanol–water partition coefficient (Wildman–Crippen LogP) is 7.64. The van der Waals surface area contributed by atoms with Crippen LogP contribution < -0.4 is 9.47 Å². The summed E-state index contributed by atoms with van der Waals surface area (Å²) in [6.45, 7) is 2.49. The maximum atomic E-state index is 14.3. The van der Waals surface area contributed by atoms with E-state index >= 15 is 0 Å². The SMILES string of the molecule is COc1ccc(CN2C(=O)C(C)(CSC)CC(c3cccc(Cl)c3)C2c2ccc(Cl)cc2)c(OC)c1. The fourth-order valence-electron chi connectivity index (χ4n) is 5.26. The lowest BCUT2D eigenvalue weighted by atomic mass is 9.69. The number of likely N-dealkylation sites (tertiary alicyclic amines) is 1. The number of benzene rings is 3. The number of methoxy groups -OCH3 is 2. The monoisotopic (exact) mass is 543 g/mol. The summed E-state index contributed by atoms with van der Waals surface area (Å²) in [5, 5.41) is 1.35. The molecule has 3 atom stereocenters. The van der Waals surface area contributed by atoms with E-state index in [2.05, 4.69) is 19.2 Å². The zero-order chi connectivity index (χ0) is 25.9. The van der Waals surface area contributed by atoms with E-state index in [0.29, 0.717) is 28.1 Å². The van der Waals surface area contributed by atoms with Crippen molar-refractivity contribution in [3.05, 3.63) is 93.5 Å². The molecule has 3 unspecified atom stereocenters. The molecule has 0 aromatic heterocycles. The summed E-state index contributed by atoms with van der Waals surface area (Å²) in [4.78, 5) is 16.3. The molecule has 1 aliphatic rings. The van der Waals surface area contributed by atoms with Crippen molar-refractivity contribution in [3.8, 4) is 11.5 Å². The summed E-state index contributed by atoms with van der Waals surface area (Å²) in [5.41, 5.74) is 2.55. The van der Waals surface area contributed by atoms with Gasteiger partial charge >= 0.3 is 0 Å². The molecule has 0 N–H and O–H groups in total. The van der Waals surface area contributed by atoms with Crippen LogP contribution in [-0.4, -0.2) is 37.0 Å². The smallest absolute Gasteiger partial charge is 0.230 e. The molecule has 1 saturated heterocycles. The first-order valence-corrected chi connectivity index (χ1v) is 14.0. The van der Waals surface area contributed by atoms with Gasteiger partial charge in [0, 0.05) is 39.9 Å². The van der Waals surface area contributed by atoms with Crippen molar-refractivity contribution in [2.45, 2.75) is 31.8 Å². The largest absolute Gasteiger partial charge is 0.497 e. The number of hydrogen-bond donors (Lipinski definition) is 0. The molecule has 0 bridgehead atoms. The number of nitrogens with zero attached hydrogens (tertiary/aromatic N) is 1. The van der Waals surface area contributed by atoms with Crippen LogP contribution in [0.4, 0.5) is 0 Å². The lowest BCUT2D eigenvalue weighted by Crippen LogP contribution is -2.52. The van der Waals surface area contributed by atoms with Crippen LogP contribution in [0.15, 0.2) is 66.7 Å². The minimum absolute atomic E-state index is 0.0453. The first-order chi connectivity index (χ1) is 17.3. The quantitative estimate of drug-likeness (QED) is 0.292. The Hall–Kier alpha value is -2.34. The fourth-order valence-corrected chi connectivity index (χ4v) is 6.46. The zero-order valence-electron chi connectivity index (χ0n) is 21.0. The molecule has 1 amide bonds. The first-order valence-electron chi connectivity index (χ1n) is 11.8. The van der Waals surface area contributed by atoms with Gasteiger partial charge in [-0.25, -0.2) is 0 Å². The molecule has 190 valence electrons. The molecule has 1 fully saturated rings. The molecule has 0 saturated carbocycles. The number of amides is 1. The van der Waals surface area contributed by atoms with Gasteiger partial charge in [-0.1, -0.05) is 47.5 Å². The standard InChI is InChI=1S/C29H31Cl2NO3S/c1-29(18-36-4)16-25(20-6-5-7-23(31)14-20)27(19-8-11-22(30)12-9-19)32(28(29)33)17-21-10-13-24(34-2)15-26(21)35-3/h5-15,25,27H,16-18H2,1-4H3. The van der Waals surface area contributed by atoms with Gasteiger partial charge in [0.25, 0.3) is 0 Å². The maximum absolute atomic E-state index is 14.3. The molecule has 0 aliphatic carbocycles. The van der Waals surface area contributed by atoms with Crippen LogP contribution >= 0.6 is 35.0 Å². The van der Waals surface area contributed by atoms with Crippen molar-refractivity contribution in [1.29, 1.82) is 0 Å². The van der Waals surface area contributed by atoms with Crippen LogP contribution in [0.25, 0.3) is 0 Å². The molecule has 4 nitrogen and oxygen atoms in total. The molecule has 3 aromatic rings. The molecule has 0 spiro atoms. The van der Waals surface area contributed by atoms with Gasteiger partial charge in [-0.2, -0.15) is 11.8 Å². The third-order valence-corrected chi connectivity index (χ3v) is 8.36. The average Bonchev–Trinajstić information content (AvgIpc) is 2.87. The van der Waals surface area contributed by atoms with Gasteiger partial charge in [0.05, 0.1) is 25.7 Å². The molecule has 4 rings (SSSR count). The van der Waals surface area contributed by atoms with E-state index in [0.717, 1.165) is 28.9 Å². The predicted molar refractivity (Wildman–Crippen MR) is 150 cm³/mol. The van der Waals surface area contributed by atoms with E-state index in [9.17, 15) is 4.79 Å². The Labute approximate surface area is 227 Å². The van der Waals surface area contributed by atoms with Crippen molar-refractivity contribution in [2.75, 3.05) is 26.2 Å². The van der Waals surface area contributed by atoms with Crippen LogP contribution in [0.3, 0.4) is 0 Å². The number of hydrogen-bond acceptors (Lipinski definition) is 4. The lowest BCUT2D eigenvalue weighted by Gasteiger charge is -2.49. The van der Waals surface area contributed by atoms with Gasteiger partial charge < -0.3 is 14.4 Å². The van der Waals surface area contributed by atoms with E-state index in [1.165, 1.54) is 0 Å². The Balaban J connectivity index is 1.88. The Kier molecular flexibility index (Phi) is 8.44. The normalized spacial score (nSPS) is 21.9. The zero-order valence-corrected chi connectivity index (χ0v) is 23.3. The summed E-state index contributed by atoms with van der Waals surface area (Å²) in [5.74, 6) is 2.30.